The normalized spacial score (nSPS) is 24.0. The van der Waals surface area contributed by atoms with Crippen molar-refractivity contribution in [2.45, 2.75) is 52.5 Å². The van der Waals surface area contributed by atoms with Crippen LogP contribution in [-0.2, 0) is 12.0 Å². The van der Waals surface area contributed by atoms with Crippen LogP contribution in [0.25, 0.3) is 0 Å². The quantitative estimate of drug-likeness (QED) is 0.632. The summed E-state index contributed by atoms with van der Waals surface area (Å²) < 4.78 is 1.95. The molecule has 4 nitrogen and oxygen atoms in total. The van der Waals surface area contributed by atoms with Crippen LogP contribution in [0.3, 0.4) is 0 Å². The Hall–Kier alpha value is -0.930. The molecule has 78 valence electrons. The first-order chi connectivity index (χ1) is 6.41. The van der Waals surface area contributed by atoms with Gasteiger partial charge in [0, 0.05) is 12.0 Å². The van der Waals surface area contributed by atoms with Crippen molar-refractivity contribution in [3.8, 4) is 0 Å². The van der Waals surface area contributed by atoms with Gasteiger partial charge in [0.2, 0.25) is 0 Å². The van der Waals surface area contributed by atoms with Crippen molar-refractivity contribution in [3.05, 3.63) is 5.82 Å². The number of nitrogens with zero attached hydrogens (tertiary/aromatic N) is 4. The van der Waals surface area contributed by atoms with E-state index in [0.29, 0.717) is 5.41 Å². The summed E-state index contributed by atoms with van der Waals surface area (Å²) in [6.45, 7) is 10.0. The predicted molar refractivity (Wildman–Crippen MR) is 53.9 cm³/mol. The smallest absolute Gasteiger partial charge is 0.156 e. The molecule has 0 spiro atoms. The van der Waals surface area contributed by atoms with Crippen LogP contribution in [0.4, 0.5) is 0 Å². The zero-order chi connectivity index (χ0) is 10.4. The standard InChI is InChI=1S/C10H18N4/c1-9(2)5-6-14-8(11-12-13-14)10(3,4)7-9/h5-7H2,1-4H3. The number of hydrogen-bond acceptors (Lipinski definition) is 3. The monoisotopic (exact) mass is 194 g/mol. The molecule has 2 heterocycles. The van der Waals surface area contributed by atoms with E-state index in [1.165, 1.54) is 0 Å². The van der Waals surface area contributed by atoms with E-state index >= 15 is 0 Å². The molecule has 2 rings (SSSR count). The molecular weight excluding hydrogens is 176 g/mol. The van der Waals surface area contributed by atoms with E-state index in [0.717, 1.165) is 25.2 Å². The molecule has 0 saturated heterocycles. The SMILES string of the molecule is CC1(C)CCn2nnnc2C(C)(C)C1. The van der Waals surface area contributed by atoms with E-state index in [1.807, 2.05) is 4.68 Å². The number of rotatable bonds is 0. The Kier molecular flexibility index (Phi) is 1.91. The number of aromatic nitrogens is 4. The summed E-state index contributed by atoms with van der Waals surface area (Å²) in [6, 6.07) is 0. The van der Waals surface area contributed by atoms with Gasteiger partial charge in [-0.2, -0.15) is 0 Å². The minimum atomic E-state index is 0.0868. The van der Waals surface area contributed by atoms with Gasteiger partial charge >= 0.3 is 0 Å². The van der Waals surface area contributed by atoms with Crippen molar-refractivity contribution in [3.63, 3.8) is 0 Å². The summed E-state index contributed by atoms with van der Waals surface area (Å²) in [7, 11) is 0. The molecule has 0 bridgehead atoms. The Bertz CT molecular complexity index is 338. The average molecular weight is 194 g/mol. The highest BCUT2D eigenvalue weighted by Crippen LogP contribution is 2.40. The maximum Gasteiger partial charge on any atom is 0.156 e. The van der Waals surface area contributed by atoms with E-state index in [2.05, 4.69) is 43.2 Å². The van der Waals surface area contributed by atoms with E-state index in [1.54, 1.807) is 0 Å². The van der Waals surface area contributed by atoms with Gasteiger partial charge in [-0.15, -0.1) is 5.10 Å². The first kappa shape index (κ1) is 9.62. The van der Waals surface area contributed by atoms with Crippen molar-refractivity contribution >= 4 is 0 Å². The van der Waals surface area contributed by atoms with Crippen LogP contribution in [0.5, 0.6) is 0 Å². The third-order valence-corrected chi connectivity index (χ3v) is 3.06. The van der Waals surface area contributed by atoms with Gasteiger partial charge in [0.15, 0.2) is 5.82 Å². The van der Waals surface area contributed by atoms with Crippen LogP contribution < -0.4 is 0 Å². The molecule has 0 amide bonds. The highest BCUT2D eigenvalue weighted by molar-refractivity contribution is 5.05. The van der Waals surface area contributed by atoms with E-state index < -0.39 is 0 Å². The fraction of sp³-hybridized carbons (Fsp3) is 0.900. The third kappa shape index (κ3) is 1.53. The Morgan fingerprint density at radius 2 is 1.93 bits per heavy atom. The molecule has 0 atom stereocenters. The third-order valence-electron chi connectivity index (χ3n) is 3.06. The predicted octanol–water partition coefficient (Wildman–Crippen LogP) is 1.77. The second-order valence-electron chi connectivity index (χ2n) is 5.70. The van der Waals surface area contributed by atoms with Crippen LogP contribution in [-0.4, -0.2) is 20.2 Å². The molecule has 1 aromatic rings. The molecule has 0 aromatic carbocycles. The summed E-state index contributed by atoms with van der Waals surface area (Å²) in [4.78, 5) is 0. The van der Waals surface area contributed by atoms with Crippen molar-refractivity contribution in [1.82, 2.24) is 20.2 Å². The van der Waals surface area contributed by atoms with Gasteiger partial charge in [-0.25, -0.2) is 4.68 Å². The van der Waals surface area contributed by atoms with Crippen LogP contribution in [0, 0.1) is 5.41 Å². The molecule has 14 heavy (non-hydrogen) atoms. The second kappa shape index (κ2) is 2.78. The molecule has 1 aromatic heterocycles. The van der Waals surface area contributed by atoms with Gasteiger partial charge in [-0.1, -0.05) is 27.7 Å². The minimum Gasteiger partial charge on any atom is -0.229 e. The topological polar surface area (TPSA) is 43.6 Å². The molecule has 0 fully saturated rings. The van der Waals surface area contributed by atoms with Crippen molar-refractivity contribution in [1.29, 1.82) is 0 Å². The minimum absolute atomic E-state index is 0.0868. The van der Waals surface area contributed by atoms with Crippen molar-refractivity contribution in [2.75, 3.05) is 0 Å². The largest absolute Gasteiger partial charge is 0.229 e. The molecule has 0 saturated carbocycles. The molecule has 0 radical (unpaired) electrons. The fourth-order valence-corrected chi connectivity index (χ4v) is 2.61. The van der Waals surface area contributed by atoms with Crippen molar-refractivity contribution < 1.29 is 0 Å². The number of aryl methyl sites for hydroxylation is 1. The molecule has 1 aliphatic heterocycles. The van der Waals surface area contributed by atoms with Crippen molar-refractivity contribution in [2.24, 2.45) is 5.41 Å². The maximum absolute atomic E-state index is 4.14. The number of tetrazole rings is 1. The zero-order valence-electron chi connectivity index (χ0n) is 9.41. The lowest BCUT2D eigenvalue weighted by atomic mass is 9.74. The van der Waals surface area contributed by atoms with Crippen LogP contribution in [0.15, 0.2) is 0 Å². The molecule has 1 aliphatic rings. The summed E-state index contributed by atoms with van der Waals surface area (Å²) in [6.07, 6.45) is 2.29. The summed E-state index contributed by atoms with van der Waals surface area (Å²) in [5.41, 5.74) is 0.454. The molecule has 0 unspecified atom stereocenters. The summed E-state index contributed by atoms with van der Waals surface area (Å²) in [5.74, 6) is 1.03. The Morgan fingerprint density at radius 3 is 2.64 bits per heavy atom. The summed E-state index contributed by atoms with van der Waals surface area (Å²) in [5, 5.41) is 11.9. The lowest BCUT2D eigenvalue weighted by Gasteiger charge is -2.30. The lowest BCUT2D eigenvalue weighted by Crippen LogP contribution is -2.26. The van der Waals surface area contributed by atoms with Gasteiger partial charge in [0.05, 0.1) is 0 Å². The number of fused-ring (bicyclic) bond motifs is 1. The molecular formula is C10H18N4. The van der Waals surface area contributed by atoms with E-state index in [9.17, 15) is 0 Å². The van der Waals surface area contributed by atoms with Gasteiger partial charge in [0.25, 0.3) is 0 Å². The molecule has 0 aliphatic carbocycles. The van der Waals surface area contributed by atoms with Crippen LogP contribution in [0.1, 0.15) is 46.4 Å². The van der Waals surface area contributed by atoms with Gasteiger partial charge < -0.3 is 0 Å². The first-order valence-corrected chi connectivity index (χ1v) is 5.17. The molecule has 4 heteroatoms. The number of hydrogen-bond donors (Lipinski definition) is 0. The van der Waals surface area contributed by atoms with E-state index in [-0.39, 0.29) is 5.41 Å². The van der Waals surface area contributed by atoms with Gasteiger partial charge in [0.1, 0.15) is 0 Å². The Balaban J connectivity index is 2.42. The van der Waals surface area contributed by atoms with Crippen LogP contribution in [0.2, 0.25) is 0 Å². The highest BCUT2D eigenvalue weighted by Gasteiger charge is 2.37. The highest BCUT2D eigenvalue weighted by atomic mass is 15.5. The maximum atomic E-state index is 4.14. The molecule has 0 N–H and O–H groups in total. The van der Waals surface area contributed by atoms with Gasteiger partial charge in [-0.05, 0) is 28.7 Å². The first-order valence-electron chi connectivity index (χ1n) is 5.17. The lowest BCUT2D eigenvalue weighted by molar-refractivity contribution is 0.246. The summed E-state index contributed by atoms with van der Waals surface area (Å²) >= 11 is 0. The Morgan fingerprint density at radius 1 is 1.21 bits per heavy atom. The van der Waals surface area contributed by atoms with Gasteiger partial charge in [-0.3, -0.25) is 0 Å². The second-order valence-corrected chi connectivity index (χ2v) is 5.70. The van der Waals surface area contributed by atoms with Crippen LogP contribution >= 0.6 is 0 Å². The zero-order valence-corrected chi connectivity index (χ0v) is 9.41. The van der Waals surface area contributed by atoms with E-state index in [4.69, 9.17) is 0 Å². The Labute approximate surface area is 84.7 Å². The average Bonchev–Trinajstić information content (AvgIpc) is 2.43. The fourth-order valence-electron chi connectivity index (χ4n) is 2.61.